The molecule has 0 N–H and O–H groups in total. The van der Waals surface area contributed by atoms with Crippen molar-refractivity contribution >= 4 is 17.6 Å². The van der Waals surface area contributed by atoms with Gasteiger partial charge in [0.15, 0.2) is 5.69 Å². The number of aromatic nitrogens is 2. The van der Waals surface area contributed by atoms with E-state index in [1.165, 1.54) is 6.07 Å². The molecule has 1 aromatic carbocycles. The zero-order valence-corrected chi connectivity index (χ0v) is 18.9. The van der Waals surface area contributed by atoms with Crippen LogP contribution in [0.1, 0.15) is 58.6 Å². The molecular weight excluding hydrogens is 430 g/mol. The number of nitrogens with zero attached hydrogens (tertiary/aromatic N) is 4. The van der Waals surface area contributed by atoms with E-state index in [0.29, 0.717) is 49.3 Å². The number of hydrogen-bond donors (Lipinski definition) is 0. The number of benzene rings is 1. The fraction of sp³-hybridized carbons (Fsp3) is 0.542. The maximum absolute atomic E-state index is 13.3. The summed E-state index contributed by atoms with van der Waals surface area (Å²) in [6.07, 6.45) is -0.574. The number of halogens is 2. The van der Waals surface area contributed by atoms with E-state index in [4.69, 9.17) is 4.74 Å². The molecule has 176 valence electrons. The lowest BCUT2D eigenvalue weighted by Gasteiger charge is -2.37. The van der Waals surface area contributed by atoms with E-state index in [1.54, 1.807) is 29.5 Å². The number of hydrogen-bond acceptors (Lipinski definition) is 5. The van der Waals surface area contributed by atoms with Gasteiger partial charge in [-0.3, -0.25) is 9.48 Å². The normalized spacial score (nSPS) is 21.2. The summed E-state index contributed by atoms with van der Waals surface area (Å²) in [5.41, 5.74) is 3.77. The number of carbonyl (C=O) groups is 2. The standard InChI is InChI=1S/C24H28F2N4O3/c1-3-33-24(32)22-21-17-11-15(17)12-19(21)30(27-22)13-20(31)29-9-7-28(8-10-29)18-6-4-5-16(14(18)2)23(25)26/h4-6,15,17,23H,3,7-13H2,1-2H3/t15-,17-/m1/s1. The highest BCUT2D eigenvalue weighted by Crippen LogP contribution is 2.57. The zero-order valence-electron chi connectivity index (χ0n) is 18.9. The highest BCUT2D eigenvalue weighted by Gasteiger charge is 2.50. The Morgan fingerprint density at radius 3 is 2.67 bits per heavy atom. The van der Waals surface area contributed by atoms with Crippen molar-refractivity contribution in [3.63, 3.8) is 0 Å². The quantitative estimate of drug-likeness (QED) is 0.622. The fourth-order valence-electron chi connectivity index (χ4n) is 5.32. The Labute approximate surface area is 191 Å². The Hall–Kier alpha value is -2.97. The van der Waals surface area contributed by atoms with Gasteiger partial charge < -0.3 is 14.5 Å². The molecular formula is C24H28F2N4O3. The number of anilines is 1. The van der Waals surface area contributed by atoms with Gasteiger partial charge in [0.2, 0.25) is 5.91 Å². The first-order valence-electron chi connectivity index (χ1n) is 11.6. The molecule has 3 aliphatic rings. The minimum Gasteiger partial charge on any atom is -0.461 e. The van der Waals surface area contributed by atoms with E-state index in [-0.39, 0.29) is 24.6 Å². The molecule has 0 radical (unpaired) electrons. The van der Waals surface area contributed by atoms with Gasteiger partial charge in [-0.2, -0.15) is 5.10 Å². The zero-order chi connectivity index (χ0) is 23.3. The van der Waals surface area contributed by atoms with Gasteiger partial charge in [-0.05, 0) is 50.2 Å². The molecule has 2 aliphatic carbocycles. The van der Waals surface area contributed by atoms with Crippen LogP contribution < -0.4 is 4.90 Å². The van der Waals surface area contributed by atoms with Gasteiger partial charge in [-0.1, -0.05) is 12.1 Å². The molecule has 2 aromatic rings. The van der Waals surface area contributed by atoms with Crippen molar-refractivity contribution < 1.29 is 23.1 Å². The van der Waals surface area contributed by atoms with E-state index >= 15 is 0 Å². The molecule has 0 spiro atoms. The first-order chi connectivity index (χ1) is 15.9. The van der Waals surface area contributed by atoms with E-state index < -0.39 is 12.4 Å². The summed E-state index contributed by atoms with van der Waals surface area (Å²) in [6.45, 7) is 6.05. The van der Waals surface area contributed by atoms with Gasteiger partial charge >= 0.3 is 5.97 Å². The molecule has 2 heterocycles. The highest BCUT2D eigenvalue weighted by molar-refractivity contribution is 5.90. The smallest absolute Gasteiger partial charge is 0.359 e. The molecule has 1 saturated carbocycles. The van der Waals surface area contributed by atoms with Crippen LogP contribution >= 0.6 is 0 Å². The minimum atomic E-state index is -2.51. The number of amides is 1. The van der Waals surface area contributed by atoms with Gasteiger partial charge in [0.05, 0.1) is 6.61 Å². The summed E-state index contributed by atoms with van der Waals surface area (Å²) >= 11 is 0. The van der Waals surface area contributed by atoms with Crippen LogP contribution in [0.4, 0.5) is 14.5 Å². The van der Waals surface area contributed by atoms with Crippen LogP contribution in [0.2, 0.25) is 0 Å². The van der Waals surface area contributed by atoms with E-state index in [1.807, 2.05) is 6.07 Å². The first-order valence-corrected chi connectivity index (χ1v) is 11.6. The van der Waals surface area contributed by atoms with Gasteiger partial charge in [0, 0.05) is 48.7 Å². The lowest BCUT2D eigenvalue weighted by Crippen LogP contribution is -2.50. The first kappa shape index (κ1) is 21.9. The average molecular weight is 459 g/mol. The average Bonchev–Trinajstić information content (AvgIpc) is 3.32. The lowest BCUT2D eigenvalue weighted by atomic mass is 10.1. The number of alkyl halides is 2. The van der Waals surface area contributed by atoms with Crippen molar-refractivity contribution in [2.45, 2.75) is 45.6 Å². The van der Waals surface area contributed by atoms with Crippen LogP contribution in [0.5, 0.6) is 0 Å². The largest absolute Gasteiger partial charge is 0.461 e. The van der Waals surface area contributed by atoms with Crippen molar-refractivity contribution in [1.29, 1.82) is 0 Å². The second-order valence-corrected chi connectivity index (χ2v) is 9.05. The minimum absolute atomic E-state index is 0.0472. The Kier molecular flexibility index (Phi) is 5.58. The summed E-state index contributed by atoms with van der Waals surface area (Å²) < 4.78 is 33.4. The van der Waals surface area contributed by atoms with Crippen molar-refractivity contribution in [3.05, 3.63) is 46.3 Å². The number of fused-ring (bicyclic) bond motifs is 3. The lowest BCUT2D eigenvalue weighted by molar-refractivity contribution is -0.132. The third-order valence-corrected chi connectivity index (χ3v) is 7.16. The Balaban J connectivity index is 1.26. The van der Waals surface area contributed by atoms with Gasteiger partial charge in [0.25, 0.3) is 6.43 Å². The number of rotatable bonds is 6. The van der Waals surface area contributed by atoms with Crippen LogP contribution in [0.3, 0.4) is 0 Å². The van der Waals surface area contributed by atoms with Crippen molar-refractivity contribution in [2.75, 3.05) is 37.7 Å². The monoisotopic (exact) mass is 458 g/mol. The molecule has 2 fully saturated rings. The van der Waals surface area contributed by atoms with Crippen LogP contribution in [0.25, 0.3) is 0 Å². The number of piperazine rings is 1. The second kappa shape index (κ2) is 8.43. The summed E-state index contributed by atoms with van der Waals surface area (Å²) in [6, 6.07) is 4.97. The van der Waals surface area contributed by atoms with Gasteiger partial charge in [0.1, 0.15) is 6.54 Å². The molecule has 1 saturated heterocycles. The Morgan fingerprint density at radius 2 is 1.97 bits per heavy atom. The van der Waals surface area contributed by atoms with E-state index in [2.05, 4.69) is 10.00 Å². The van der Waals surface area contributed by atoms with Crippen molar-refractivity contribution in [1.82, 2.24) is 14.7 Å². The molecule has 1 aromatic heterocycles. The molecule has 5 rings (SSSR count). The van der Waals surface area contributed by atoms with Gasteiger partial charge in [-0.15, -0.1) is 0 Å². The topological polar surface area (TPSA) is 67.7 Å². The molecule has 9 heteroatoms. The Bertz CT molecular complexity index is 1090. The SMILES string of the molecule is CCOC(=O)c1nn(CC(=O)N2CCN(c3cccc(C(F)F)c3C)CC2)c2c1[C@@H]1C[C@@H]1C2. The molecule has 7 nitrogen and oxygen atoms in total. The number of carbonyl (C=O) groups excluding carboxylic acids is 2. The third-order valence-electron chi connectivity index (χ3n) is 7.16. The van der Waals surface area contributed by atoms with Gasteiger partial charge in [-0.25, -0.2) is 13.6 Å². The van der Waals surface area contributed by atoms with Crippen molar-refractivity contribution in [2.24, 2.45) is 5.92 Å². The van der Waals surface area contributed by atoms with Crippen LogP contribution in [0, 0.1) is 12.8 Å². The highest BCUT2D eigenvalue weighted by atomic mass is 19.3. The Morgan fingerprint density at radius 1 is 1.21 bits per heavy atom. The molecule has 33 heavy (non-hydrogen) atoms. The third kappa shape index (κ3) is 3.87. The molecule has 1 aliphatic heterocycles. The second-order valence-electron chi connectivity index (χ2n) is 9.05. The molecule has 0 unspecified atom stereocenters. The van der Waals surface area contributed by atoms with Crippen molar-refractivity contribution in [3.8, 4) is 0 Å². The maximum atomic E-state index is 13.3. The number of ether oxygens (including phenoxy) is 1. The van der Waals surface area contributed by atoms with Crippen LogP contribution in [-0.4, -0.2) is 59.3 Å². The summed E-state index contributed by atoms with van der Waals surface area (Å²) in [5, 5.41) is 4.48. The van der Waals surface area contributed by atoms with Crippen LogP contribution in [-0.2, 0) is 22.5 Å². The summed E-state index contributed by atoms with van der Waals surface area (Å²) in [5.74, 6) is 0.471. The molecule has 0 bridgehead atoms. The van der Waals surface area contributed by atoms with E-state index in [0.717, 1.165) is 29.8 Å². The van der Waals surface area contributed by atoms with E-state index in [9.17, 15) is 18.4 Å². The maximum Gasteiger partial charge on any atom is 0.359 e. The predicted molar refractivity (Wildman–Crippen MR) is 118 cm³/mol. The fourth-order valence-corrected chi connectivity index (χ4v) is 5.32. The molecule has 1 amide bonds. The summed E-state index contributed by atoms with van der Waals surface area (Å²) in [7, 11) is 0. The number of esters is 1. The molecule has 2 atom stereocenters. The predicted octanol–water partition coefficient (Wildman–Crippen LogP) is 3.31. The summed E-state index contributed by atoms with van der Waals surface area (Å²) in [4.78, 5) is 29.3. The van der Waals surface area contributed by atoms with Crippen LogP contribution in [0.15, 0.2) is 18.2 Å².